The zero-order valence-corrected chi connectivity index (χ0v) is 5.62. The quantitative estimate of drug-likeness (QED) is 0.531. The van der Waals surface area contributed by atoms with Crippen LogP contribution in [0.4, 0.5) is 0 Å². The van der Waals surface area contributed by atoms with E-state index in [9.17, 15) is 0 Å². The van der Waals surface area contributed by atoms with Gasteiger partial charge in [-0.15, -0.1) is 0 Å². The molecule has 0 spiro atoms. The van der Waals surface area contributed by atoms with Gasteiger partial charge in [-0.1, -0.05) is 19.8 Å². The molecule has 0 amide bonds. The third-order valence-corrected chi connectivity index (χ3v) is 1.27. The van der Waals surface area contributed by atoms with Gasteiger partial charge in [0.25, 0.3) is 0 Å². The molecule has 0 aromatic carbocycles. The molecule has 0 aromatic rings. The van der Waals surface area contributed by atoms with Crippen LogP contribution in [0.5, 0.6) is 0 Å². The highest BCUT2D eigenvalue weighted by molar-refractivity contribution is 5.34. The smallest absolute Gasteiger partial charge is 0.0000244 e. The molecular formula is C9H9. The Labute approximate surface area is 58.7 Å². The Morgan fingerprint density at radius 1 is 1.22 bits per heavy atom. The van der Waals surface area contributed by atoms with Crippen LogP contribution in [0.15, 0.2) is 0 Å². The topological polar surface area (TPSA) is 0 Å². The molecule has 0 heteroatoms. The summed E-state index contributed by atoms with van der Waals surface area (Å²) in [6.45, 7) is 2.18. The molecule has 0 saturated heterocycles. The third-order valence-electron chi connectivity index (χ3n) is 1.27. The van der Waals surface area contributed by atoms with Gasteiger partial charge in [-0.3, -0.25) is 0 Å². The van der Waals surface area contributed by atoms with Crippen LogP contribution >= 0.6 is 0 Å². The van der Waals surface area contributed by atoms with Crippen LogP contribution in [-0.2, 0) is 0 Å². The molecule has 9 radical (unpaired) electrons. The molecule has 1 aliphatic rings. The monoisotopic (exact) mass is 117 g/mol. The van der Waals surface area contributed by atoms with Crippen LogP contribution in [0.25, 0.3) is 0 Å². The molecule has 0 nitrogen and oxygen atoms in total. The van der Waals surface area contributed by atoms with Crippen LogP contribution in [0, 0.1) is 31.6 Å². The number of hydrogen-bond donors (Lipinski definition) is 0. The van der Waals surface area contributed by atoms with E-state index in [1.807, 2.05) is 0 Å². The highest BCUT2D eigenvalue weighted by Gasteiger charge is 2.16. The lowest BCUT2D eigenvalue weighted by Gasteiger charge is -2.02. The van der Waals surface area contributed by atoms with Gasteiger partial charge in [0.1, 0.15) is 0 Å². The summed E-state index contributed by atoms with van der Waals surface area (Å²) in [6, 6.07) is 0. The van der Waals surface area contributed by atoms with E-state index in [2.05, 4.69) is 32.6 Å². The van der Waals surface area contributed by atoms with E-state index in [-0.39, 0.29) is 0 Å². The van der Waals surface area contributed by atoms with Gasteiger partial charge in [0.05, 0.1) is 0 Å². The van der Waals surface area contributed by atoms with Crippen molar-refractivity contribution in [3.05, 3.63) is 31.6 Å². The Morgan fingerprint density at radius 2 is 1.89 bits per heavy atom. The maximum atomic E-state index is 2.94. The Morgan fingerprint density at radius 3 is 2.44 bits per heavy atom. The molecule has 0 bridgehead atoms. The minimum atomic E-state index is 1.08. The van der Waals surface area contributed by atoms with E-state index < -0.39 is 0 Å². The van der Waals surface area contributed by atoms with E-state index in [1.54, 1.807) is 0 Å². The molecule has 0 atom stereocenters. The molecule has 1 fully saturated rings. The molecule has 45 valence electrons. The first-order valence-electron chi connectivity index (χ1n) is 3.31. The number of unbranched alkanes of at least 4 members (excludes halogenated alkanes) is 1. The lowest BCUT2D eigenvalue weighted by atomic mass is 10.0. The molecule has 1 saturated carbocycles. The van der Waals surface area contributed by atoms with Crippen molar-refractivity contribution in [3.8, 4) is 0 Å². The molecule has 0 N–H and O–H groups in total. The molecule has 9 heavy (non-hydrogen) atoms. The first-order chi connectivity index (χ1) is 4.43. The maximum Gasteiger partial charge on any atom is -0.0000244 e. The molecule has 1 rings (SSSR count). The maximum absolute atomic E-state index is 2.94. The first-order valence-corrected chi connectivity index (χ1v) is 3.31. The van der Waals surface area contributed by atoms with Crippen LogP contribution < -0.4 is 0 Å². The fourth-order valence-electron chi connectivity index (χ4n) is 0.723. The summed E-state index contributed by atoms with van der Waals surface area (Å²) < 4.78 is 0. The molecular weight excluding hydrogens is 108 g/mol. The van der Waals surface area contributed by atoms with Crippen molar-refractivity contribution in [1.29, 1.82) is 0 Å². The van der Waals surface area contributed by atoms with Crippen molar-refractivity contribution in [1.82, 2.24) is 0 Å². The Kier molecular flexibility index (Phi) is 3.10. The van der Waals surface area contributed by atoms with E-state index in [0.717, 1.165) is 12.3 Å². The molecule has 0 aromatic heterocycles. The third kappa shape index (κ3) is 2.38. The number of rotatable bonds is 3. The van der Waals surface area contributed by atoms with Crippen molar-refractivity contribution in [2.45, 2.75) is 26.2 Å². The molecule has 0 unspecified atom stereocenters. The van der Waals surface area contributed by atoms with Crippen molar-refractivity contribution < 1.29 is 0 Å². The van der Waals surface area contributed by atoms with E-state index in [4.69, 9.17) is 0 Å². The lowest BCUT2D eigenvalue weighted by Crippen LogP contribution is -1.89. The van der Waals surface area contributed by atoms with Gasteiger partial charge in [0, 0.05) is 0 Å². The number of hydrogen-bond acceptors (Lipinski definition) is 0. The highest BCUT2D eigenvalue weighted by atomic mass is 14.2. The second-order valence-electron chi connectivity index (χ2n) is 2.08. The Hall–Kier alpha value is 0. The summed E-state index contributed by atoms with van der Waals surface area (Å²) in [7, 11) is 0. The normalized spacial score (nSPS) is 21.0. The molecule has 0 heterocycles. The van der Waals surface area contributed by atoms with Gasteiger partial charge < -0.3 is 0 Å². The summed E-state index contributed by atoms with van der Waals surface area (Å²) in [5.41, 5.74) is 0. The minimum absolute atomic E-state index is 1.08. The van der Waals surface area contributed by atoms with Crippen LogP contribution in [-0.4, -0.2) is 0 Å². The fourth-order valence-corrected chi connectivity index (χ4v) is 0.723. The van der Waals surface area contributed by atoms with Gasteiger partial charge in [-0.05, 0) is 38.0 Å². The first kappa shape index (κ1) is 7.11. The van der Waals surface area contributed by atoms with E-state index in [0.29, 0.717) is 0 Å². The summed E-state index contributed by atoms with van der Waals surface area (Å²) in [4.78, 5) is 0. The van der Waals surface area contributed by atoms with Crippen LogP contribution in [0.3, 0.4) is 0 Å². The van der Waals surface area contributed by atoms with E-state index in [1.165, 1.54) is 12.8 Å². The molecule has 1 aliphatic carbocycles. The second-order valence-corrected chi connectivity index (χ2v) is 2.08. The van der Waals surface area contributed by atoms with Gasteiger partial charge in [-0.25, -0.2) is 0 Å². The highest BCUT2D eigenvalue weighted by Crippen LogP contribution is 2.27. The second kappa shape index (κ2) is 3.92. The van der Waals surface area contributed by atoms with Gasteiger partial charge in [-0.2, -0.15) is 0 Å². The lowest BCUT2D eigenvalue weighted by molar-refractivity contribution is 0.756. The zero-order valence-electron chi connectivity index (χ0n) is 5.62. The van der Waals surface area contributed by atoms with Crippen LogP contribution in [0.1, 0.15) is 26.2 Å². The predicted octanol–water partition coefficient (Wildman–Crippen LogP) is 2.09. The van der Waals surface area contributed by atoms with Crippen molar-refractivity contribution in [3.63, 3.8) is 0 Å². The van der Waals surface area contributed by atoms with Crippen LogP contribution in [0.2, 0.25) is 0 Å². The fraction of sp³-hybridized carbons (Fsp3) is 0.444. The Balaban J connectivity index is 1.98. The predicted molar refractivity (Wildman–Crippen MR) is 35.7 cm³/mol. The summed E-state index contributed by atoms with van der Waals surface area (Å²) in [5, 5.41) is 0. The largest absolute Gasteiger partial charge is 0.0654 e. The SMILES string of the molecule is CCCC[C]1[C][C][C][C]1. The van der Waals surface area contributed by atoms with Crippen molar-refractivity contribution >= 4 is 0 Å². The standard InChI is InChI=1S/C9H9/c1-2-3-6-9-7-4-5-8-9/h2-3,6H2,1H3. The van der Waals surface area contributed by atoms with Gasteiger partial charge >= 0.3 is 0 Å². The van der Waals surface area contributed by atoms with Crippen molar-refractivity contribution in [2.75, 3.05) is 0 Å². The van der Waals surface area contributed by atoms with Gasteiger partial charge in [0.15, 0.2) is 0 Å². The average molecular weight is 117 g/mol. The van der Waals surface area contributed by atoms with Crippen molar-refractivity contribution in [2.24, 2.45) is 0 Å². The minimum Gasteiger partial charge on any atom is -0.0654 e. The Bertz CT molecular complexity index is 60.4. The molecule has 0 aliphatic heterocycles. The van der Waals surface area contributed by atoms with E-state index >= 15 is 0 Å². The summed E-state index contributed by atoms with van der Waals surface area (Å²) in [6.07, 6.45) is 14.9. The zero-order chi connectivity index (χ0) is 6.53. The average Bonchev–Trinajstić information content (AvgIpc) is 2.34. The summed E-state index contributed by atoms with van der Waals surface area (Å²) >= 11 is 0. The van der Waals surface area contributed by atoms with Gasteiger partial charge in [0.2, 0.25) is 0 Å². The summed E-state index contributed by atoms with van der Waals surface area (Å²) in [5.74, 6) is 1.12.